The summed E-state index contributed by atoms with van der Waals surface area (Å²) in [5.41, 5.74) is 3.17. The van der Waals surface area contributed by atoms with Gasteiger partial charge in [0.15, 0.2) is 0 Å². The number of piperidine rings is 1. The lowest BCUT2D eigenvalue weighted by Gasteiger charge is -2.48. The minimum atomic E-state index is -1.03. The molecule has 3 aliphatic carbocycles. The lowest BCUT2D eigenvalue weighted by atomic mass is 9.29. The van der Waals surface area contributed by atoms with Crippen molar-refractivity contribution in [1.29, 1.82) is 0 Å². The molecule has 2 saturated carbocycles. The van der Waals surface area contributed by atoms with Gasteiger partial charge in [0.2, 0.25) is 0 Å². The van der Waals surface area contributed by atoms with Gasteiger partial charge in [-0.15, -0.1) is 10.4 Å². The van der Waals surface area contributed by atoms with Gasteiger partial charge in [-0.3, -0.25) is 4.79 Å². The summed E-state index contributed by atoms with van der Waals surface area (Å²) in [5, 5.41) is -2.04. The first kappa shape index (κ1) is 49.5. The first-order chi connectivity index (χ1) is 25.8. The number of thiol groups is 1. The van der Waals surface area contributed by atoms with Crippen molar-refractivity contribution in [3.63, 3.8) is 0 Å². The lowest BCUT2D eigenvalue weighted by Crippen LogP contribution is -2.47. The number of nitrogens with zero attached hydrogens (tertiary/aromatic N) is 2. The molecule has 300 valence electrons. The van der Waals surface area contributed by atoms with Crippen LogP contribution in [0, 0.1) is 22.7 Å². The summed E-state index contributed by atoms with van der Waals surface area (Å²) in [6, 6.07) is 6.63. The summed E-state index contributed by atoms with van der Waals surface area (Å²) >= 11 is 4.04. The topological polar surface area (TPSA) is 76.2 Å². The van der Waals surface area contributed by atoms with Crippen LogP contribution in [0.1, 0.15) is 137 Å². The van der Waals surface area contributed by atoms with E-state index in [0.29, 0.717) is 66.9 Å². The molecule has 1 aliphatic heterocycles. The van der Waals surface area contributed by atoms with Crippen molar-refractivity contribution in [1.82, 2.24) is 9.80 Å². The van der Waals surface area contributed by atoms with Crippen LogP contribution in [0.5, 0.6) is 5.75 Å². The number of benzene rings is 1. The third-order valence-electron chi connectivity index (χ3n) is 12.5. The van der Waals surface area contributed by atoms with Gasteiger partial charge in [-0.2, -0.15) is 12.6 Å². The number of carbonyl (C=O) groups is 3. The number of aldehydes is 1. The molecule has 0 aromatic heterocycles. The number of ether oxygens (including phenoxy) is 2. The average Bonchev–Trinajstić information content (AvgIpc) is 3.46. The summed E-state index contributed by atoms with van der Waals surface area (Å²) in [7, 11) is 24.5. The second-order valence-corrected chi connectivity index (χ2v) is 18.0. The standard InChI is InChI=1S/C29H40N2O5.C6H10B4S.C6H14.C2H6/c1-29-12-9-24-23-6-4-22(19-20(23)3-5-25(24)26(29)7-8-27(29)33)36-28(34)31-13-10-21(11-14-31)30(2)15-17-35-18-16-32;1-5(7,8)6(9,10)3-2-4-11;1-5-6(2,3)4;1-2/h4,6,16,19,21,24-26H,3,5,7-15,17-18H2,1-2H3;11H,2-4H2,1H3;5H2,1-4H3;1-2H3. The van der Waals surface area contributed by atoms with Gasteiger partial charge in [0.05, 0.1) is 38.0 Å². The number of ketones is 1. The molecule has 55 heavy (non-hydrogen) atoms. The molecular weight excluding hydrogens is 700 g/mol. The molecule has 1 aromatic rings. The van der Waals surface area contributed by atoms with Gasteiger partial charge in [-0.1, -0.05) is 74.3 Å². The Bertz CT molecular complexity index is 1350. The minimum absolute atomic E-state index is 0.0967. The van der Waals surface area contributed by atoms with Crippen LogP contribution in [-0.4, -0.2) is 111 Å². The quantitative estimate of drug-likeness (QED) is 0.106. The molecular formula is C43H70B4N2O5S. The number of rotatable bonds is 11. The number of likely N-dealkylation sites (N-methyl/N-ethyl adjacent to an activating group) is 1. The number of likely N-dealkylation sites (tertiary alicyclic amines) is 1. The van der Waals surface area contributed by atoms with Crippen molar-refractivity contribution in [3.05, 3.63) is 29.3 Å². The average molecular weight is 770 g/mol. The van der Waals surface area contributed by atoms with Gasteiger partial charge in [-0.25, -0.2) is 4.79 Å². The van der Waals surface area contributed by atoms with Crippen molar-refractivity contribution in [2.24, 2.45) is 22.7 Å². The molecule has 12 heteroatoms. The molecule has 4 atom stereocenters. The number of carbonyl (C=O) groups excluding carboxylic acids is 3. The zero-order chi connectivity index (χ0) is 41.6. The van der Waals surface area contributed by atoms with Crippen molar-refractivity contribution in [2.75, 3.05) is 45.6 Å². The summed E-state index contributed by atoms with van der Waals surface area (Å²) < 4.78 is 11.1. The van der Waals surface area contributed by atoms with Crippen LogP contribution >= 0.6 is 12.6 Å². The largest absolute Gasteiger partial charge is 0.415 e. The molecule has 0 spiro atoms. The van der Waals surface area contributed by atoms with Crippen LogP contribution < -0.4 is 4.74 Å². The molecule has 0 bridgehead atoms. The third kappa shape index (κ3) is 14.3. The summed E-state index contributed by atoms with van der Waals surface area (Å²) in [4.78, 5) is 39.9. The number of amides is 1. The third-order valence-corrected chi connectivity index (χ3v) is 12.9. The van der Waals surface area contributed by atoms with Crippen molar-refractivity contribution >= 4 is 62.2 Å². The number of Topliss-reactive ketones (excluding diaryl/α,β-unsaturated/α-hetero) is 1. The first-order valence-electron chi connectivity index (χ1n) is 20.9. The molecule has 1 saturated heterocycles. The maximum absolute atomic E-state index is 12.9. The Balaban J connectivity index is 0.000000458. The Morgan fingerprint density at radius 1 is 1.04 bits per heavy atom. The van der Waals surface area contributed by atoms with Crippen LogP contribution in [-0.2, 0) is 20.7 Å². The molecule has 1 heterocycles. The fourth-order valence-electron chi connectivity index (χ4n) is 8.21. The first-order valence-corrected chi connectivity index (χ1v) is 21.5. The Labute approximate surface area is 346 Å². The summed E-state index contributed by atoms with van der Waals surface area (Å²) in [6.45, 7) is 19.6. The van der Waals surface area contributed by atoms with Crippen molar-refractivity contribution < 1.29 is 23.9 Å². The predicted octanol–water partition coefficient (Wildman–Crippen LogP) is 8.31. The van der Waals surface area contributed by atoms with E-state index in [1.165, 1.54) is 17.5 Å². The second-order valence-electron chi connectivity index (χ2n) is 17.6. The van der Waals surface area contributed by atoms with E-state index >= 15 is 0 Å². The highest BCUT2D eigenvalue weighted by molar-refractivity contribution is 7.80. The molecule has 7 nitrogen and oxygen atoms in total. The Morgan fingerprint density at radius 3 is 2.24 bits per heavy atom. The van der Waals surface area contributed by atoms with Gasteiger partial charge in [0, 0.05) is 37.5 Å². The summed E-state index contributed by atoms with van der Waals surface area (Å²) in [5.74, 6) is 3.53. The lowest BCUT2D eigenvalue weighted by molar-refractivity contribution is -0.129. The van der Waals surface area contributed by atoms with E-state index < -0.39 is 10.4 Å². The van der Waals surface area contributed by atoms with E-state index in [4.69, 9.17) is 40.9 Å². The fourth-order valence-corrected chi connectivity index (χ4v) is 8.37. The molecule has 1 amide bonds. The smallest absolute Gasteiger partial charge is 0.410 e. The van der Waals surface area contributed by atoms with Crippen LogP contribution in [0.3, 0.4) is 0 Å². The molecule has 3 fully saturated rings. The Morgan fingerprint density at radius 2 is 1.67 bits per heavy atom. The number of aryl methyl sites for hydroxylation is 1. The van der Waals surface area contributed by atoms with E-state index in [1.807, 2.05) is 24.8 Å². The van der Waals surface area contributed by atoms with E-state index in [1.54, 1.807) is 6.92 Å². The van der Waals surface area contributed by atoms with Gasteiger partial charge < -0.3 is 24.1 Å². The van der Waals surface area contributed by atoms with Crippen LogP contribution in [0.4, 0.5) is 4.79 Å². The predicted molar refractivity (Wildman–Crippen MR) is 234 cm³/mol. The van der Waals surface area contributed by atoms with E-state index in [2.05, 4.69) is 71.3 Å². The Hall–Kier alpha value is -1.64. The minimum Gasteiger partial charge on any atom is -0.410 e. The molecule has 0 N–H and O–H groups in total. The number of hydrogen-bond donors (Lipinski definition) is 1. The SMILES string of the molecule is CC.CCC(C)(C)C.CN(CCOCC=O)C1CCN(C(=O)Oc2ccc3c(c2)CCC2C3CCC3(C)C(=O)CCC23)CC1.[B]C([B])(C)C([B])([B])CCCS. The molecule has 1 aromatic carbocycles. The summed E-state index contributed by atoms with van der Waals surface area (Å²) in [6.07, 6.45) is 11.0. The molecule has 4 unspecified atom stereocenters. The highest BCUT2D eigenvalue weighted by Gasteiger charge is 2.54. The number of fused-ring (bicyclic) bond motifs is 5. The van der Waals surface area contributed by atoms with Gasteiger partial charge >= 0.3 is 6.09 Å². The van der Waals surface area contributed by atoms with Crippen molar-refractivity contribution in [2.45, 2.75) is 148 Å². The fraction of sp³-hybridized carbons (Fsp3) is 0.791. The van der Waals surface area contributed by atoms with Gasteiger partial charge in [0.25, 0.3) is 0 Å². The highest BCUT2D eigenvalue weighted by Crippen LogP contribution is 2.59. The zero-order valence-electron chi connectivity index (χ0n) is 35.8. The van der Waals surface area contributed by atoms with Gasteiger partial charge in [0.1, 0.15) is 24.4 Å². The van der Waals surface area contributed by atoms with Crippen molar-refractivity contribution in [3.8, 4) is 5.75 Å². The molecule has 5 rings (SSSR count). The number of hydrogen-bond acceptors (Lipinski definition) is 7. The van der Waals surface area contributed by atoms with Crippen LogP contribution in [0.15, 0.2) is 18.2 Å². The van der Waals surface area contributed by atoms with E-state index in [9.17, 15) is 14.4 Å². The Kier molecular flexibility index (Phi) is 20.2. The normalized spacial score (nSPS) is 23.7. The molecule has 4 aliphatic rings. The second kappa shape index (κ2) is 22.5. The van der Waals surface area contributed by atoms with Gasteiger partial charge in [-0.05, 0) is 111 Å². The zero-order valence-corrected chi connectivity index (χ0v) is 36.7. The maximum Gasteiger partial charge on any atom is 0.415 e. The van der Waals surface area contributed by atoms with Crippen LogP contribution in [0.2, 0.25) is 10.4 Å². The van der Waals surface area contributed by atoms with E-state index in [-0.39, 0.29) is 18.1 Å². The highest BCUT2D eigenvalue weighted by atomic mass is 32.1. The maximum atomic E-state index is 12.9. The monoisotopic (exact) mass is 771 g/mol. The van der Waals surface area contributed by atoms with Crippen LogP contribution in [0.25, 0.3) is 0 Å². The molecule has 8 radical (unpaired) electrons. The van der Waals surface area contributed by atoms with E-state index in [0.717, 1.165) is 76.4 Å².